The zero-order valence-electron chi connectivity index (χ0n) is 17.5. The van der Waals surface area contributed by atoms with Gasteiger partial charge in [0, 0.05) is 11.3 Å². The highest BCUT2D eigenvalue weighted by molar-refractivity contribution is 7.91. The lowest BCUT2D eigenvalue weighted by Crippen LogP contribution is -2.15. The molecule has 1 amide bonds. The fraction of sp³-hybridized carbons (Fsp3) is 0.208. The van der Waals surface area contributed by atoms with E-state index in [9.17, 15) is 13.2 Å². The molecule has 2 aromatic carbocycles. The number of aryl methyl sites for hydroxylation is 1. The smallest absolute Gasteiger partial charge is 0.256 e. The molecule has 1 unspecified atom stereocenters. The molecule has 0 spiro atoms. The van der Waals surface area contributed by atoms with E-state index in [0.717, 1.165) is 5.56 Å². The lowest BCUT2D eigenvalue weighted by Gasteiger charge is -2.12. The summed E-state index contributed by atoms with van der Waals surface area (Å²) in [6.07, 6.45) is 0.487. The molecule has 5 rings (SSSR count). The van der Waals surface area contributed by atoms with Crippen LogP contribution in [0.15, 0.2) is 66.7 Å². The average Bonchev–Trinajstić information content (AvgIpc) is 3.33. The zero-order chi connectivity index (χ0) is 22.3. The number of pyridine rings is 1. The highest BCUT2D eigenvalue weighted by Gasteiger charge is 2.32. The Morgan fingerprint density at radius 1 is 1.06 bits per heavy atom. The van der Waals surface area contributed by atoms with Crippen molar-refractivity contribution in [3.8, 4) is 11.3 Å². The van der Waals surface area contributed by atoms with Crippen LogP contribution in [0.4, 0.5) is 5.69 Å². The third-order valence-corrected chi connectivity index (χ3v) is 7.49. The van der Waals surface area contributed by atoms with Gasteiger partial charge in [-0.25, -0.2) is 18.1 Å². The minimum Gasteiger partial charge on any atom is -0.322 e. The molecule has 1 N–H and O–H groups in total. The van der Waals surface area contributed by atoms with Crippen molar-refractivity contribution >= 4 is 32.5 Å². The van der Waals surface area contributed by atoms with Gasteiger partial charge in [-0.1, -0.05) is 48.5 Å². The van der Waals surface area contributed by atoms with Gasteiger partial charge in [0.15, 0.2) is 15.5 Å². The number of carbonyl (C=O) groups excluding carboxylic acids is 1. The molecule has 32 heavy (non-hydrogen) atoms. The summed E-state index contributed by atoms with van der Waals surface area (Å²) in [5, 5.41) is 8.22. The summed E-state index contributed by atoms with van der Waals surface area (Å²) < 4.78 is 25.9. The number of amides is 1. The van der Waals surface area contributed by atoms with E-state index in [4.69, 9.17) is 4.98 Å². The molecule has 1 saturated heterocycles. The highest BCUT2D eigenvalue weighted by Crippen LogP contribution is 2.32. The molecule has 8 heteroatoms. The first-order valence-electron chi connectivity index (χ1n) is 10.4. The number of aromatic nitrogens is 3. The number of rotatable bonds is 4. The second-order valence-corrected chi connectivity index (χ2v) is 10.3. The monoisotopic (exact) mass is 446 g/mol. The van der Waals surface area contributed by atoms with Gasteiger partial charge in [0.25, 0.3) is 5.91 Å². The van der Waals surface area contributed by atoms with E-state index in [1.54, 1.807) is 10.7 Å². The van der Waals surface area contributed by atoms with Crippen molar-refractivity contribution in [3.63, 3.8) is 0 Å². The maximum atomic E-state index is 13.3. The van der Waals surface area contributed by atoms with Crippen LogP contribution in [0.5, 0.6) is 0 Å². The first kappa shape index (κ1) is 20.4. The van der Waals surface area contributed by atoms with Crippen LogP contribution in [0.3, 0.4) is 0 Å². The maximum Gasteiger partial charge on any atom is 0.256 e. The number of nitrogens with one attached hydrogen (secondary N) is 1. The number of hydrogen-bond acceptors (Lipinski definition) is 5. The van der Waals surface area contributed by atoms with Gasteiger partial charge in [-0.3, -0.25) is 4.79 Å². The van der Waals surface area contributed by atoms with Crippen molar-refractivity contribution in [1.29, 1.82) is 0 Å². The van der Waals surface area contributed by atoms with Crippen LogP contribution >= 0.6 is 0 Å². The van der Waals surface area contributed by atoms with Gasteiger partial charge in [-0.05, 0) is 31.5 Å². The number of para-hydroxylation sites is 1. The summed E-state index contributed by atoms with van der Waals surface area (Å²) in [6.45, 7) is 1.82. The van der Waals surface area contributed by atoms with Crippen molar-refractivity contribution in [2.75, 3.05) is 16.8 Å². The van der Waals surface area contributed by atoms with Gasteiger partial charge >= 0.3 is 0 Å². The fourth-order valence-corrected chi connectivity index (χ4v) is 5.88. The fourth-order valence-electron chi connectivity index (χ4n) is 4.19. The molecule has 1 aliphatic heterocycles. The molecule has 1 aliphatic rings. The number of fused-ring (bicyclic) bond motifs is 1. The average molecular weight is 447 g/mol. The van der Waals surface area contributed by atoms with Crippen LogP contribution in [-0.4, -0.2) is 40.6 Å². The lowest BCUT2D eigenvalue weighted by molar-refractivity contribution is 0.102. The van der Waals surface area contributed by atoms with E-state index in [1.807, 2.05) is 67.6 Å². The molecular weight excluding hydrogens is 424 g/mol. The largest absolute Gasteiger partial charge is 0.322 e. The molecule has 0 bridgehead atoms. The van der Waals surface area contributed by atoms with Crippen LogP contribution in [0, 0.1) is 6.92 Å². The summed E-state index contributed by atoms with van der Waals surface area (Å²) in [4.78, 5) is 18.2. The summed E-state index contributed by atoms with van der Waals surface area (Å²) in [5.41, 5.74) is 3.84. The molecule has 1 atom stereocenters. The quantitative estimate of drug-likeness (QED) is 0.511. The molecule has 2 aromatic heterocycles. The minimum atomic E-state index is -3.10. The first-order chi connectivity index (χ1) is 15.4. The molecule has 0 aliphatic carbocycles. The zero-order valence-corrected chi connectivity index (χ0v) is 18.3. The number of sulfone groups is 1. The van der Waals surface area contributed by atoms with Crippen LogP contribution < -0.4 is 5.32 Å². The summed E-state index contributed by atoms with van der Waals surface area (Å²) >= 11 is 0. The van der Waals surface area contributed by atoms with Crippen molar-refractivity contribution in [1.82, 2.24) is 14.8 Å². The van der Waals surface area contributed by atoms with Gasteiger partial charge in [0.1, 0.15) is 0 Å². The van der Waals surface area contributed by atoms with Gasteiger partial charge in [-0.2, -0.15) is 5.10 Å². The van der Waals surface area contributed by atoms with Gasteiger partial charge in [-0.15, -0.1) is 0 Å². The molecular formula is C24H22N4O3S. The molecule has 1 fully saturated rings. The Kier molecular flexibility index (Phi) is 5.01. The lowest BCUT2D eigenvalue weighted by atomic mass is 10.0. The normalized spacial score (nSPS) is 17.5. The van der Waals surface area contributed by atoms with Crippen LogP contribution in [0.25, 0.3) is 22.3 Å². The van der Waals surface area contributed by atoms with E-state index < -0.39 is 9.84 Å². The number of nitrogens with zero attached hydrogens (tertiary/aromatic N) is 3. The third-order valence-electron chi connectivity index (χ3n) is 5.74. The van der Waals surface area contributed by atoms with Crippen LogP contribution in [-0.2, 0) is 9.84 Å². The molecule has 162 valence electrons. The van der Waals surface area contributed by atoms with Gasteiger partial charge in [0.2, 0.25) is 0 Å². The molecule has 0 radical (unpaired) electrons. The summed E-state index contributed by atoms with van der Waals surface area (Å²) in [7, 11) is -3.10. The standard InChI is InChI=1S/C24H22N4O3S/c1-16-22-20(24(29)25-18-10-6-3-7-11-18)14-21(17-8-4-2-5-9-17)26-23(22)28(27-16)19-12-13-32(30,31)15-19/h2-11,14,19H,12-13,15H2,1H3,(H,25,29). The molecule has 7 nitrogen and oxygen atoms in total. The first-order valence-corrected chi connectivity index (χ1v) is 12.3. The second kappa shape index (κ2) is 7.87. The van der Waals surface area contributed by atoms with Gasteiger partial charge < -0.3 is 5.32 Å². The Bertz CT molecular complexity index is 1410. The van der Waals surface area contributed by atoms with Crippen molar-refractivity contribution in [2.24, 2.45) is 0 Å². The number of carbonyl (C=O) groups is 1. The predicted molar refractivity (Wildman–Crippen MR) is 124 cm³/mol. The number of hydrogen-bond donors (Lipinski definition) is 1. The van der Waals surface area contributed by atoms with Gasteiger partial charge in [0.05, 0.1) is 39.9 Å². The van der Waals surface area contributed by atoms with Crippen LogP contribution in [0.2, 0.25) is 0 Å². The molecule has 4 aromatic rings. The Balaban J connectivity index is 1.69. The van der Waals surface area contributed by atoms with Crippen molar-refractivity contribution < 1.29 is 13.2 Å². The predicted octanol–water partition coefficient (Wildman–Crippen LogP) is 4.02. The Hall–Kier alpha value is -3.52. The van der Waals surface area contributed by atoms with Crippen molar-refractivity contribution in [2.45, 2.75) is 19.4 Å². The third kappa shape index (κ3) is 3.78. The topological polar surface area (TPSA) is 93.9 Å². The van der Waals surface area contributed by atoms with Crippen LogP contribution in [0.1, 0.15) is 28.5 Å². The Morgan fingerprint density at radius 2 is 1.75 bits per heavy atom. The summed E-state index contributed by atoms with van der Waals surface area (Å²) in [6, 6.07) is 20.4. The number of benzene rings is 2. The molecule has 3 heterocycles. The minimum absolute atomic E-state index is 0.0337. The van der Waals surface area contributed by atoms with E-state index in [1.165, 1.54) is 0 Å². The summed E-state index contributed by atoms with van der Waals surface area (Å²) in [5.74, 6) is -0.0912. The highest BCUT2D eigenvalue weighted by atomic mass is 32.2. The maximum absolute atomic E-state index is 13.3. The van der Waals surface area contributed by atoms with E-state index in [0.29, 0.717) is 40.1 Å². The molecule has 0 saturated carbocycles. The van der Waals surface area contributed by atoms with E-state index in [-0.39, 0.29) is 23.5 Å². The Morgan fingerprint density at radius 3 is 2.41 bits per heavy atom. The van der Waals surface area contributed by atoms with E-state index >= 15 is 0 Å². The van der Waals surface area contributed by atoms with E-state index in [2.05, 4.69) is 10.4 Å². The number of anilines is 1. The second-order valence-electron chi connectivity index (χ2n) is 8.03. The SMILES string of the molecule is Cc1nn(C2CCS(=O)(=O)C2)c2nc(-c3ccccc3)cc(C(=O)Nc3ccccc3)c12. The Labute approximate surface area is 186 Å². The van der Waals surface area contributed by atoms with Crippen molar-refractivity contribution in [3.05, 3.63) is 78.0 Å².